The van der Waals surface area contributed by atoms with Crippen LogP contribution in [0.2, 0.25) is 0 Å². The number of hydrogen-bond donors (Lipinski definition) is 7. The molecule has 0 spiro atoms. The Morgan fingerprint density at radius 3 is 2.30 bits per heavy atom. The fourth-order valence-electron chi connectivity index (χ4n) is 8.37. The van der Waals surface area contributed by atoms with Crippen LogP contribution < -0.4 is 0 Å². The van der Waals surface area contributed by atoms with E-state index in [1.165, 1.54) is 0 Å². The Morgan fingerprint density at radius 2 is 1.70 bits per heavy atom. The highest BCUT2D eigenvalue weighted by atomic mass is 16.3. The standard InChI is InChI=1S/C27H44O7.C2H6O/c1-15(14-28)5-6-23(32)26(4,33)22-8-10-27(34)17-11-19(29)18-12-20(30)21(31)13-24(18,2)16(17)7-9-25(22,27)3;1-2-3/h11,15-16,18,20-23,28,30-34H,5-10,12-14H2,1-4H3;3H,2H2,1H3/t15?,16-,18-,20+,21-,22-,23+,24+,25+,26+,27+;/m0./s1. The van der Waals surface area contributed by atoms with Crippen LogP contribution in [0.5, 0.6) is 0 Å². The zero-order valence-corrected chi connectivity index (χ0v) is 23.2. The van der Waals surface area contributed by atoms with E-state index < -0.39 is 40.3 Å². The molecule has 7 N–H and O–H groups in total. The van der Waals surface area contributed by atoms with Gasteiger partial charge in [-0.1, -0.05) is 20.8 Å². The molecule has 4 aliphatic rings. The first kappa shape index (κ1) is 30.7. The lowest BCUT2D eigenvalue weighted by molar-refractivity contribution is -0.176. The third kappa shape index (κ3) is 4.96. The predicted molar refractivity (Wildman–Crippen MR) is 139 cm³/mol. The molecule has 0 aliphatic heterocycles. The molecule has 8 heteroatoms. The van der Waals surface area contributed by atoms with Crippen LogP contribution in [0.4, 0.5) is 0 Å². The van der Waals surface area contributed by atoms with E-state index in [1.54, 1.807) is 19.9 Å². The Morgan fingerprint density at radius 1 is 1.08 bits per heavy atom. The highest BCUT2D eigenvalue weighted by molar-refractivity contribution is 5.95. The molecular formula is C29H50O8. The second-order valence-electron chi connectivity index (χ2n) is 13.0. The Kier molecular flexibility index (Phi) is 9.08. The molecule has 0 amide bonds. The summed E-state index contributed by atoms with van der Waals surface area (Å²) >= 11 is 0. The minimum Gasteiger partial charge on any atom is -0.397 e. The number of rotatable bonds is 6. The number of carbonyl (C=O) groups excluding carboxylic acids is 1. The number of fused-ring (bicyclic) bond motifs is 5. The summed E-state index contributed by atoms with van der Waals surface area (Å²) in [5.74, 6) is -0.859. The third-order valence-corrected chi connectivity index (χ3v) is 10.7. The van der Waals surface area contributed by atoms with E-state index in [4.69, 9.17) is 5.11 Å². The fourth-order valence-corrected chi connectivity index (χ4v) is 8.37. The molecule has 0 radical (unpaired) electrons. The third-order valence-electron chi connectivity index (χ3n) is 10.7. The summed E-state index contributed by atoms with van der Waals surface area (Å²) in [6, 6.07) is 0. The van der Waals surface area contributed by atoms with E-state index in [0.29, 0.717) is 38.5 Å². The Bertz CT molecular complexity index is 857. The maximum Gasteiger partial charge on any atom is 0.159 e. The largest absolute Gasteiger partial charge is 0.397 e. The fraction of sp³-hybridized carbons (Fsp3) is 0.897. The molecule has 4 aliphatic carbocycles. The van der Waals surface area contributed by atoms with Gasteiger partial charge in [0.05, 0.1) is 29.5 Å². The SMILES string of the molecule is CC(CO)CC[C@@H](O)[C@](C)(O)[C@H]1CC[C@@]2(O)C3=CC(=O)[C@@H]4C[C@@H](O)[C@@H](O)C[C@]4(C)[C@H]3CC[C@]12C.CCO. The molecule has 4 rings (SSSR count). The van der Waals surface area contributed by atoms with Gasteiger partial charge in [-0.15, -0.1) is 0 Å². The van der Waals surface area contributed by atoms with E-state index in [-0.39, 0.29) is 49.1 Å². The molecule has 8 nitrogen and oxygen atoms in total. The van der Waals surface area contributed by atoms with Gasteiger partial charge < -0.3 is 35.7 Å². The van der Waals surface area contributed by atoms with Crippen LogP contribution in [-0.4, -0.2) is 84.3 Å². The normalized spacial score (nSPS) is 44.3. The van der Waals surface area contributed by atoms with Gasteiger partial charge in [-0.25, -0.2) is 0 Å². The first-order valence-electron chi connectivity index (χ1n) is 14.1. The van der Waals surface area contributed by atoms with Crippen LogP contribution >= 0.6 is 0 Å². The second-order valence-corrected chi connectivity index (χ2v) is 13.0. The van der Waals surface area contributed by atoms with E-state index >= 15 is 0 Å². The summed E-state index contributed by atoms with van der Waals surface area (Å²) in [7, 11) is 0. The average Bonchev–Trinajstić information content (AvgIpc) is 3.11. The van der Waals surface area contributed by atoms with Gasteiger partial charge in [-0.3, -0.25) is 4.79 Å². The van der Waals surface area contributed by atoms with Gasteiger partial charge in [0.15, 0.2) is 5.78 Å². The quantitative estimate of drug-likeness (QED) is 0.276. The second kappa shape index (κ2) is 11.0. The maximum absolute atomic E-state index is 13.3. The minimum absolute atomic E-state index is 0.0326. The van der Waals surface area contributed by atoms with Crippen LogP contribution in [0.3, 0.4) is 0 Å². The molecule has 0 saturated heterocycles. The van der Waals surface area contributed by atoms with Crippen molar-refractivity contribution in [3.8, 4) is 0 Å². The van der Waals surface area contributed by atoms with Crippen molar-refractivity contribution in [2.45, 2.75) is 115 Å². The van der Waals surface area contributed by atoms with Gasteiger partial charge in [-0.2, -0.15) is 0 Å². The van der Waals surface area contributed by atoms with Crippen LogP contribution in [0.15, 0.2) is 11.6 Å². The number of carbonyl (C=O) groups is 1. The van der Waals surface area contributed by atoms with Crippen LogP contribution in [0.1, 0.15) is 86.0 Å². The smallest absolute Gasteiger partial charge is 0.159 e. The molecule has 0 aromatic carbocycles. The lowest BCUT2D eigenvalue weighted by atomic mass is 9.45. The number of aliphatic hydroxyl groups excluding tert-OH is 5. The summed E-state index contributed by atoms with van der Waals surface area (Å²) in [5.41, 5.74) is -3.21. The van der Waals surface area contributed by atoms with Gasteiger partial charge in [-0.05, 0) is 100 Å². The van der Waals surface area contributed by atoms with Gasteiger partial charge in [0, 0.05) is 24.5 Å². The van der Waals surface area contributed by atoms with Gasteiger partial charge in [0.25, 0.3) is 0 Å². The van der Waals surface area contributed by atoms with Crippen molar-refractivity contribution < 1.29 is 40.5 Å². The summed E-state index contributed by atoms with van der Waals surface area (Å²) in [5, 5.41) is 72.3. The Labute approximate surface area is 221 Å². The molecular weight excluding hydrogens is 476 g/mol. The number of aliphatic hydroxyl groups is 7. The summed E-state index contributed by atoms with van der Waals surface area (Å²) in [6.07, 6.45) is 2.65. The van der Waals surface area contributed by atoms with Crippen LogP contribution in [0, 0.1) is 34.5 Å². The van der Waals surface area contributed by atoms with Gasteiger partial charge in [0.1, 0.15) is 0 Å². The number of allylic oxidation sites excluding steroid dienone is 1. The van der Waals surface area contributed by atoms with Crippen LogP contribution in [0.25, 0.3) is 0 Å². The first-order valence-corrected chi connectivity index (χ1v) is 14.1. The molecule has 11 atom stereocenters. The first-order chi connectivity index (χ1) is 17.1. The summed E-state index contributed by atoms with van der Waals surface area (Å²) in [6.45, 7) is 9.52. The minimum atomic E-state index is -1.42. The van der Waals surface area contributed by atoms with Crippen molar-refractivity contribution in [2.75, 3.05) is 13.2 Å². The summed E-state index contributed by atoms with van der Waals surface area (Å²) in [4.78, 5) is 13.3. The van der Waals surface area contributed by atoms with Crippen LogP contribution in [-0.2, 0) is 4.79 Å². The lowest BCUT2D eigenvalue weighted by Gasteiger charge is -2.60. The Balaban J connectivity index is 0.00000121. The highest BCUT2D eigenvalue weighted by Gasteiger charge is 2.69. The Hall–Kier alpha value is -0.870. The average molecular weight is 527 g/mol. The van der Waals surface area contributed by atoms with E-state index in [0.717, 1.165) is 12.0 Å². The predicted octanol–water partition coefficient (Wildman–Crippen LogP) is 1.71. The maximum atomic E-state index is 13.3. The van der Waals surface area contributed by atoms with Crippen molar-refractivity contribution >= 4 is 5.78 Å². The topological polar surface area (TPSA) is 159 Å². The molecule has 1 unspecified atom stereocenters. The van der Waals surface area contributed by atoms with Crippen molar-refractivity contribution in [1.82, 2.24) is 0 Å². The van der Waals surface area contributed by atoms with Gasteiger partial charge >= 0.3 is 0 Å². The molecule has 3 fully saturated rings. The molecule has 37 heavy (non-hydrogen) atoms. The van der Waals surface area contributed by atoms with E-state index in [1.807, 2.05) is 20.8 Å². The number of ketones is 1. The lowest BCUT2D eigenvalue weighted by Crippen LogP contribution is -2.62. The molecule has 0 heterocycles. The molecule has 214 valence electrons. The number of hydrogen-bond acceptors (Lipinski definition) is 8. The van der Waals surface area contributed by atoms with Crippen molar-refractivity contribution in [1.29, 1.82) is 0 Å². The van der Waals surface area contributed by atoms with Crippen molar-refractivity contribution in [3.63, 3.8) is 0 Å². The molecule has 0 aromatic rings. The monoisotopic (exact) mass is 526 g/mol. The van der Waals surface area contributed by atoms with Crippen molar-refractivity contribution in [3.05, 3.63) is 11.6 Å². The zero-order valence-electron chi connectivity index (χ0n) is 23.2. The highest BCUT2D eigenvalue weighted by Crippen LogP contribution is 2.68. The summed E-state index contributed by atoms with van der Waals surface area (Å²) < 4.78 is 0. The molecule has 0 aromatic heterocycles. The van der Waals surface area contributed by atoms with Crippen molar-refractivity contribution in [2.24, 2.45) is 34.5 Å². The molecule has 3 saturated carbocycles. The molecule has 0 bridgehead atoms. The van der Waals surface area contributed by atoms with E-state index in [9.17, 15) is 35.4 Å². The zero-order chi connectivity index (χ0) is 28.0. The van der Waals surface area contributed by atoms with E-state index in [2.05, 4.69) is 0 Å². The van der Waals surface area contributed by atoms with Gasteiger partial charge in [0.2, 0.25) is 0 Å².